The summed E-state index contributed by atoms with van der Waals surface area (Å²) in [6.07, 6.45) is 2.51. The molecule has 41 heavy (non-hydrogen) atoms. The highest BCUT2D eigenvalue weighted by Gasteiger charge is 2.48. The number of hydrogen-bond acceptors (Lipinski definition) is 5. The molecule has 3 aliphatic rings. The highest BCUT2D eigenvalue weighted by molar-refractivity contribution is 6.04. The van der Waals surface area contributed by atoms with E-state index in [1.54, 1.807) is 48.2 Å². The van der Waals surface area contributed by atoms with Crippen LogP contribution in [0.25, 0.3) is 0 Å². The molecule has 214 valence electrons. The number of likely N-dealkylation sites (tertiary alicyclic amines) is 1. The van der Waals surface area contributed by atoms with E-state index in [0.29, 0.717) is 54.9 Å². The predicted octanol–water partition coefficient (Wildman–Crippen LogP) is 3.72. The summed E-state index contributed by atoms with van der Waals surface area (Å²) in [5, 5.41) is 2.84. The molecule has 0 aromatic heterocycles. The molecule has 0 bridgehead atoms. The topological polar surface area (TPSA) is 99.3 Å². The summed E-state index contributed by atoms with van der Waals surface area (Å²) in [6.45, 7) is 6.71. The van der Waals surface area contributed by atoms with Gasteiger partial charge in [0.1, 0.15) is 11.9 Å². The molecular weight excluding hydrogens is 527 g/mol. The van der Waals surface area contributed by atoms with E-state index >= 15 is 0 Å². The summed E-state index contributed by atoms with van der Waals surface area (Å²) >= 11 is 0. The van der Waals surface area contributed by atoms with Crippen molar-refractivity contribution >= 4 is 23.8 Å². The zero-order chi connectivity index (χ0) is 29.1. The van der Waals surface area contributed by atoms with Gasteiger partial charge in [0.2, 0.25) is 5.91 Å². The first-order valence-electron chi connectivity index (χ1n) is 13.8. The zero-order valence-electron chi connectivity index (χ0n) is 22.9. The lowest BCUT2D eigenvalue weighted by Crippen LogP contribution is -2.48. The number of carbonyl (C=O) groups is 4. The van der Waals surface area contributed by atoms with Gasteiger partial charge in [0.25, 0.3) is 5.91 Å². The standard InChI is InChI=1S/C31H33FN4O5/c1-3-15-35-24-19-36(28(37)25(24)26(33-31(35)40)22-11-8-12-23(32)18-22)27(20-9-6-5-7-10-20)29(38)34-16-13-21(14-17-34)30(39)41-4-2/h3,5-12,18,21,26-27H,1,4,13-17,19H2,2H3,(H,33,40)/t26-,27-/m1/s1. The first-order chi connectivity index (χ1) is 19.8. The van der Waals surface area contributed by atoms with Gasteiger partial charge in [-0.15, -0.1) is 6.58 Å². The first-order valence-corrected chi connectivity index (χ1v) is 13.8. The van der Waals surface area contributed by atoms with E-state index in [1.165, 1.54) is 28.0 Å². The lowest BCUT2D eigenvalue weighted by Gasteiger charge is -2.36. The van der Waals surface area contributed by atoms with Crippen LogP contribution in [0.15, 0.2) is 78.5 Å². The van der Waals surface area contributed by atoms with Gasteiger partial charge in [-0.1, -0.05) is 48.5 Å². The molecule has 0 radical (unpaired) electrons. The van der Waals surface area contributed by atoms with Crippen molar-refractivity contribution in [1.29, 1.82) is 0 Å². The molecule has 2 aromatic rings. The SMILES string of the molecule is C=CCN1C(=O)N[C@H](c2cccc(F)c2)C2=C1CN([C@@H](C(=O)N1CCC(C(=O)OCC)CC1)c1ccccc1)C2=O. The van der Waals surface area contributed by atoms with Crippen LogP contribution in [0.3, 0.4) is 0 Å². The average Bonchev–Trinajstić information content (AvgIpc) is 3.31. The number of halogens is 1. The molecule has 0 unspecified atom stereocenters. The largest absolute Gasteiger partial charge is 0.466 e. The number of urea groups is 1. The molecule has 1 fully saturated rings. The van der Waals surface area contributed by atoms with Crippen molar-refractivity contribution in [2.75, 3.05) is 32.8 Å². The second-order valence-corrected chi connectivity index (χ2v) is 10.3. The molecule has 0 saturated carbocycles. The van der Waals surface area contributed by atoms with Gasteiger partial charge in [0.05, 0.1) is 36.4 Å². The highest BCUT2D eigenvalue weighted by atomic mass is 19.1. The maximum Gasteiger partial charge on any atom is 0.322 e. The molecule has 10 heteroatoms. The number of esters is 1. The number of ether oxygens (including phenoxy) is 1. The number of piperidine rings is 1. The Hall–Kier alpha value is -4.47. The van der Waals surface area contributed by atoms with Crippen LogP contribution >= 0.6 is 0 Å². The van der Waals surface area contributed by atoms with Crippen molar-refractivity contribution in [3.8, 4) is 0 Å². The van der Waals surface area contributed by atoms with E-state index in [-0.39, 0.29) is 30.9 Å². The molecule has 4 amide bonds. The Morgan fingerprint density at radius 2 is 1.85 bits per heavy atom. The summed E-state index contributed by atoms with van der Waals surface area (Å²) in [7, 11) is 0. The number of nitrogens with one attached hydrogen (secondary N) is 1. The number of rotatable bonds is 8. The third kappa shape index (κ3) is 5.46. The van der Waals surface area contributed by atoms with E-state index in [2.05, 4.69) is 11.9 Å². The van der Waals surface area contributed by atoms with Crippen LogP contribution < -0.4 is 5.32 Å². The molecule has 2 aromatic carbocycles. The lowest BCUT2D eigenvalue weighted by atomic mass is 9.94. The molecule has 2 atom stereocenters. The monoisotopic (exact) mass is 560 g/mol. The summed E-state index contributed by atoms with van der Waals surface area (Å²) < 4.78 is 19.4. The minimum absolute atomic E-state index is 0.0197. The molecular formula is C31H33FN4O5. The Balaban J connectivity index is 1.48. The third-order valence-electron chi connectivity index (χ3n) is 7.83. The number of carbonyl (C=O) groups excluding carboxylic acids is 4. The number of benzene rings is 2. The van der Waals surface area contributed by atoms with E-state index in [1.807, 2.05) is 6.07 Å². The second kappa shape index (κ2) is 12.0. The van der Waals surface area contributed by atoms with Gasteiger partial charge in [-0.2, -0.15) is 0 Å². The molecule has 3 heterocycles. The van der Waals surface area contributed by atoms with E-state index in [4.69, 9.17) is 4.74 Å². The van der Waals surface area contributed by atoms with Crippen LogP contribution in [-0.4, -0.2) is 71.3 Å². The number of nitrogens with zero attached hydrogens (tertiary/aromatic N) is 3. The van der Waals surface area contributed by atoms with Crippen LogP contribution in [0.4, 0.5) is 9.18 Å². The first kappa shape index (κ1) is 28.1. The summed E-state index contributed by atoms with van der Waals surface area (Å²) in [5.41, 5.74) is 1.83. The van der Waals surface area contributed by atoms with Crippen molar-refractivity contribution in [1.82, 2.24) is 20.0 Å². The quantitative estimate of drug-likeness (QED) is 0.392. The molecule has 0 spiro atoms. The average molecular weight is 561 g/mol. The fourth-order valence-corrected chi connectivity index (χ4v) is 5.84. The van der Waals surface area contributed by atoms with Gasteiger partial charge in [-0.05, 0) is 43.0 Å². The predicted molar refractivity (Wildman–Crippen MR) is 148 cm³/mol. The molecule has 1 saturated heterocycles. The van der Waals surface area contributed by atoms with Crippen molar-refractivity contribution in [2.24, 2.45) is 5.92 Å². The normalized spacial score (nSPS) is 20.0. The van der Waals surface area contributed by atoms with Crippen LogP contribution in [0.2, 0.25) is 0 Å². The lowest BCUT2D eigenvalue weighted by molar-refractivity contribution is -0.152. The van der Waals surface area contributed by atoms with Gasteiger partial charge in [-0.25, -0.2) is 9.18 Å². The van der Waals surface area contributed by atoms with E-state index in [0.717, 1.165) is 0 Å². The summed E-state index contributed by atoms with van der Waals surface area (Å²) in [6, 6.07) is 12.6. The Morgan fingerprint density at radius 1 is 1.12 bits per heavy atom. The molecule has 5 rings (SSSR count). The third-order valence-corrected chi connectivity index (χ3v) is 7.83. The summed E-state index contributed by atoms with van der Waals surface area (Å²) in [5.74, 6) is -1.68. The van der Waals surface area contributed by atoms with Crippen molar-refractivity contribution in [3.05, 3.63) is 95.5 Å². The molecule has 9 nitrogen and oxygen atoms in total. The Kier molecular flexibility index (Phi) is 8.19. The fourth-order valence-electron chi connectivity index (χ4n) is 5.84. The fraction of sp³-hybridized carbons (Fsp3) is 0.355. The number of amides is 4. The Bertz CT molecular complexity index is 1390. The number of hydrogen-bond donors (Lipinski definition) is 1. The van der Waals surface area contributed by atoms with Gasteiger partial charge in [0.15, 0.2) is 0 Å². The van der Waals surface area contributed by atoms with E-state index < -0.39 is 29.8 Å². The minimum Gasteiger partial charge on any atom is -0.466 e. The smallest absolute Gasteiger partial charge is 0.322 e. The van der Waals surface area contributed by atoms with Gasteiger partial charge in [0, 0.05) is 19.6 Å². The Morgan fingerprint density at radius 3 is 2.51 bits per heavy atom. The summed E-state index contributed by atoms with van der Waals surface area (Å²) in [4.78, 5) is 58.4. The Labute approximate surface area is 238 Å². The van der Waals surface area contributed by atoms with Crippen molar-refractivity contribution in [2.45, 2.75) is 31.8 Å². The molecule has 3 aliphatic heterocycles. The molecule has 0 aliphatic carbocycles. The van der Waals surface area contributed by atoms with Crippen molar-refractivity contribution in [3.63, 3.8) is 0 Å². The zero-order valence-corrected chi connectivity index (χ0v) is 22.9. The van der Waals surface area contributed by atoms with Gasteiger partial charge in [-0.3, -0.25) is 19.3 Å². The van der Waals surface area contributed by atoms with Crippen molar-refractivity contribution < 1.29 is 28.3 Å². The van der Waals surface area contributed by atoms with Gasteiger partial charge < -0.3 is 19.9 Å². The van der Waals surface area contributed by atoms with Gasteiger partial charge >= 0.3 is 12.0 Å². The highest BCUT2D eigenvalue weighted by Crippen LogP contribution is 2.40. The van der Waals surface area contributed by atoms with Crippen LogP contribution in [0.5, 0.6) is 0 Å². The van der Waals surface area contributed by atoms with Crippen LogP contribution in [0.1, 0.15) is 43.0 Å². The second-order valence-electron chi connectivity index (χ2n) is 10.3. The van der Waals surface area contributed by atoms with E-state index in [9.17, 15) is 23.6 Å². The van der Waals surface area contributed by atoms with Crippen LogP contribution in [-0.2, 0) is 19.1 Å². The maximum atomic E-state index is 14.2. The van der Waals surface area contributed by atoms with Crippen LogP contribution in [0, 0.1) is 11.7 Å². The maximum absolute atomic E-state index is 14.2. The minimum atomic E-state index is -0.956. The molecule has 1 N–H and O–H groups in total.